The molecule has 9 aromatic carbocycles. The molecule has 78 heavy (non-hydrogen) atoms. The van der Waals surface area contributed by atoms with Gasteiger partial charge in [-0.3, -0.25) is 0 Å². The third-order valence-corrected chi connectivity index (χ3v) is 16.2. The quantitative estimate of drug-likeness (QED) is 0.159. The second-order valence-corrected chi connectivity index (χ2v) is 22.4. The molecule has 0 unspecified atom stereocenters. The maximum absolute atomic E-state index is 11.5. The Balaban J connectivity index is 1.28. The molecule has 0 aliphatic heterocycles. The molecule has 12 rings (SSSR count). The van der Waals surface area contributed by atoms with Gasteiger partial charge in [-0.15, -0.1) is 0 Å². The van der Waals surface area contributed by atoms with Crippen LogP contribution in [0.1, 0.15) is 84.0 Å². The Hall–Kier alpha value is -8.92. The van der Waals surface area contributed by atoms with E-state index in [0.717, 1.165) is 82.8 Å². The SMILES string of the molecule is Cc1cc(C)c(-c2ccc3c4ccc(-c5c(C)cc(C)cc5C)cc4n(-c4cc(C#N)cc(-n5c6cc(-c7c(C)cc(C)cc7C)ccc6c6ccc(-c7c(C)cc(C)cc7C)cc65)c4-c4nc(C)nc(C)n4)c3c2)c(C)c1. The summed E-state index contributed by atoms with van der Waals surface area (Å²) in [5, 5.41) is 15.9. The Kier molecular flexibility index (Phi) is 12.0. The van der Waals surface area contributed by atoms with Crippen molar-refractivity contribution in [2.24, 2.45) is 0 Å². The summed E-state index contributed by atoms with van der Waals surface area (Å²) < 4.78 is 4.79. The van der Waals surface area contributed by atoms with Gasteiger partial charge in [0.25, 0.3) is 0 Å². The Labute approximate surface area is 458 Å². The van der Waals surface area contributed by atoms with Crippen molar-refractivity contribution in [3.05, 3.63) is 217 Å². The highest BCUT2D eigenvalue weighted by Crippen LogP contribution is 2.46. The number of fused-ring (bicyclic) bond motifs is 6. The second kappa shape index (κ2) is 18.7. The van der Waals surface area contributed by atoms with Gasteiger partial charge in [-0.1, -0.05) is 119 Å². The topological polar surface area (TPSA) is 72.3 Å². The molecule has 0 amide bonds. The van der Waals surface area contributed by atoms with E-state index < -0.39 is 0 Å². The van der Waals surface area contributed by atoms with E-state index in [2.05, 4.69) is 232 Å². The lowest BCUT2D eigenvalue weighted by molar-refractivity contribution is 0.924. The number of rotatable bonds is 7. The minimum absolute atomic E-state index is 0.516. The summed E-state index contributed by atoms with van der Waals surface area (Å²) in [6, 6.07) is 52.7. The van der Waals surface area contributed by atoms with Crippen LogP contribution in [0.25, 0.3) is 111 Å². The van der Waals surface area contributed by atoms with E-state index in [1.165, 1.54) is 89.0 Å². The van der Waals surface area contributed by atoms with Gasteiger partial charge in [0.05, 0.1) is 50.6 Å². The van der Waals surface area contributed by atoms with Crippen molar-refractivity contribution in [1.29, 1.82) is 5.26 Å². The van der Waals surface area contributed by atoms with Crippen molar-refractivity contribution in [3.63, 3.8) is 0 Å². The average Bonchev–Trinajstić information content (AvgIpc) is 3.89. The summed E-state index contributed by atoms with van der Waals surface area (Å²) in [5.74, 6) is 1.76. The minimum Gasteiger partial charge on any atom is -0.308 e. The first-order chi connectivity index (χ1) is 37.3. The maximum Gasteiger partial charge on any atom is 0.167 e. The Morgan fingerprint density at radius 3 is 0.808 bits per heavy atom. The summed E-state index contributed by atoms with van der Waals surface area (Å²) >= 11 is 0. The van der Waals surface area contributed by atoms with Gasteiger partial charge < -0.3 is 9.13 Å². The van der Waals surface area contributed by atoms with Crippen LogP contribution in [0.2, 0.25) is 0 Å². The zero-order valence-electron chi connectivity index (χ0n) is 47.4. The fraction of sp³-hybridized carbons (Fsp3) is 0.194. The van der Waals surface area contributed by atoms with Crippen LogP contribution in [0.3, 0.4) is 0 Å². The largest absolute Gasteiger partial charge is 0.308 e. The number of nitriles is 1. The number of hydrogen-bond acceptors (Lipinski definition) is 4. The second-order valence-electron chi connectivity index (χ2n) is 22.4. The van der Waals surface area contributed by atoms with Crippen LogP contribution in [0.4, 0.5) is 0 Å². The lowest BCUT2D eigenvalue weighted by Crippen LogP contribution is -2.08. The molecule has 3 aromatic heterocycles. The van der Waals surface area contributed by atoms with Gasteiger partial charge in [-0.2, -0.15) is 5.26 Å². The van der Waals surface area contributed by atoms with Crippen LogP contribution in [0.15, 0.2) is 133 Å². The third-order valence-electron chi connectivity index (χ3n) is 16.2. The summed E-state index contributed by atoms with van der Waals surface area (Å²) in [7, 11) is 0. The van der Waals surface area contributed by atoms with Crippen LogP contribution >= 0.6 is 0 Å². The van der Waals surface area contributed by atoms with Crippen LogP contribution < -0.4 is 0 Å². The summed E-state index contributed by atoms with van der Waals surface area (Å²) in [6.45, 7) is 30.3. The van der Waals surface area contributed by atoms with Gasteiger partial charge in [0.1, 0.15) is 11.6 Å². The molecule has 0 fully saturated rings. The normalized spacial score (nSPS) is 11.7. The number of benzene rings is 9. The van der Waals surface area contributed by atoms with Crippen molar-refractivity contribution in [3.8, 4) is 73.3 Å². The number of aromatic nitrogens is 5. The molecule has 0 radical (unpaired) electrons. The predicted molar refractivity (Wildman–Crippen MR) is 327 cm³/mol. The smallest absolute Gasteiger partial charge is 0.167 e. The molecule has 0 N–H and O–H groups in total. The molecule has 382 valence electrons. The molecule has 0 saturated carbocycles. The van der Waals surface area contributed by atoms with Gasteiger partial charge >= 0.3 is 0 Å². The van der Waals surface area contributed by atoms with E-state index in [4.69, 9.17) is 15.0 Å². The van der Waals surface area contributed by atoms with E-state index in [1.54, 1.807) is 0 Å². The highest BCUT2D eigenvalue weighted by atomic mass is 15.1. The van der Waals surface area contributed by atoms with Crippen molar-refractivity contribution in [1.82, 2.24) is 24.1 Å². The average molecular weight is 1010 g/mol. The summed E-state index contributed by atoms with van der Waals surface area (Å²) in [6.07, 6.45) is 0. The van der Waals surface area contributed by atoms with E-state index in [0.29, 0.717) is 23.0 Å². The number of hydrogen-bond donors (Lipinski definition) is 0. The standard InChI is InChI=1S/C72H64N6/c1-38-23-42(5)67(43(6)24-38)53-15-19-57-58-20-16-54(68-44(7)25-39(2)26-45(68)8)34-62(58)77(61(57)33-53)65-31-52(37-73)32-66(71(65)72-75-50(13)74-51(14)76-72)78-63-35-55(69-46(9)27-40(3)28-47(69)10)17-21-59(63)60-22-18-56(36-64(60)78)70-48(11)29-41(4)30-49(70)12/h15-36H,1-14H3. The molecule has 6 nitrogen and oxygen atoms in total. The molecule has 6 heteroatoms. The highest BCUT2D eigenvalue weighted by molar-refractivity contribution is 6.14. The lowest BCUT2D eigenvalue weighted by Gasteiger charge is -2.21. The van der Waals surface area contributed by atoms with Crippen LogP contribution in [0, 0.1) is 108 Å². The molecule has 0 atom stereocenters. The molecule has 0 bridgehead atoms. The summed E-state index contributed by atoms with van der Waals surface area (Å²) in [4.78, 5) is 15.3. The van der Waals surface area contributed by atoms with E-state index in [1.807, 2.05) is 13.8 Å². The third kappa shape index (κ3) is 8.19. The van der Waals surface area contributed by atoms with Crippen LogP contribution in [-0.4, -0.2) is 24.1 Å². The van der Waals surface area contributed by atoms with E-state index >= 15 is 0 Å². The molecule has 0 saturated heterocycles. The Morgan fingerprint density at radius 2 is 0.564 bits per heavy atom. The maximum atomic E-state index is 11.5. The van der Waals surface area contributed by atoms with Gasteiger partial charge in [-0.25, -0.2) is 15.0 Å². The zero-order chi connectivity index (χ0) is 54.7. The molecule has 12 aromatic rings. The van der Waals surface area contributed by atoms with Gasteiger partial charge in [0.2, 0.25) is 0 Å². The first-order valence-corrected chi connectivity index (χ1v) is 27.1. The van der Waals surface area contributed by atoms with Crippen LogP contribution in [-0.2, 0) is 0 Å². The molecule has 0 aliphatic rings. The zero-order valence-corrected chi connectivity index (χ0v) is 47.4. The van der Waals surface area contributed by atoms with E-state index in [-0.39, 0.29) is 0 Å². The van der Waals surface area contributed by atoms with Crippen molar-refractivity contribution in [2.75, 3.05) is 0 Å². The monoisotopic (exact) mass is 1010 g/mol. The fourth-order valence-corrected chi connectivity index (χ4v) is 13.7. The van der Waals surface area contributed by atoms with Crippen LogP contribution in [0.5, 0.6) is 0 Å². The predicted octanol–water partition coefficient (Wildman–Crippen LogP) is 18.6. The molecular formula is C72H64N6. The highest BCUT2D eigenvalue weighted by Gasteiger charge is 2.27. The van der Waals surface area contributed by atoms with Crippen molar-refractivity contribution in [2.45, 2.75) is 96.9 Å². The molecule has 0 aliphatic carbocycles. The van der Waals surface area contributed by atoms with Gasteiger partial charge in [0.15, 0.2) is 5.82 Å². The summed E-state index contributed by atoms with van der Waals surface area (Å²) in [5.41, 5.74) is 31.1. The minimum atomic E-state index is 0.516. The fourth-order valence-electron chi connectivity index (χ4n) is 13.7. The van der Waals surface area contributed by atoms with Gasteiger partial charge in [0, 0.05) is 21.5 Å². The van der Waals surface area contributed by atoms with Gasteiger partial charge in [-0.05, 0) is 222 Å². The first kappa shape index (κ1) is 49.9. The Morgan fingerprint density at radius 1 is 0.308 bits per heavy atom. The van der Waals surface area contributed by atoms with Crippen molar-refractivity contribution < 1.29 is 0 Å². The van der Waals surface area contributed by atoms with E-state index in [9.17, 15) is 5.26 Å². The first-order valence-electron chi connectivity index (χ1n) is 27.1. The molecule has 3 heterocycles. The number of nitrogens with zero attached hydrogens (tertiary/aromatic N) is 6. The van der Waals surface area contributed by atoms with Crippen molar-refractivity contribution >= 4 is 43.6 Å². The Bertz CT molecular complexity index is 4010. The lowest BCUT2D eigenvalue weighted by atomic mass is 9.92. The molecule has 0 spiro atoms. The molecular weight excluding hydrogens is 949 g/mol. The number of aryl methyl sites for hydroxylation is 14.